The average molecular weight is 587 g/mol. The van der Waals surface area contributed by atoms with E-state index in [1.54, 1.807) is 56.6 Å². The van der Waals surface area contributed by atoms with E-state index in [9.17, 15) is 26.3 Å². The summed E-state index contributed by atoms with van der Waals surface area (Å²) >= 11 is 0. The highest BCUT2D eigenvalue weighted by Gasteiger charge is 2.39. The zero-order valence-electron chi connectivity index (χ0n) is 23.8. The molecule has 4 rings (SSSR count). The largest absolute Gasteiger partial charge is 0.419 e. The number of aryl methyl sites for hydroxylation is 2. The molecule has 0 fully saturated rings. The Kier molecular flexibility index (Phi) is 9.13. The normalized spacial score (nSPS) is 12.0. The van der Waals surface area contributed by atoms with Gasteiger partial charge in [0.2, 0.25) is 0 Å². The summed E-state index contributed by atoms with van der Waals surface area (Å²) in [6.07, 6.45) is -8.22. The lowest BCUT2D eigenvalue weighted by Gasteiger charge is -2.25. The maximum absolute atomic E-state index is 14.7. The number of halogens is 6. The van der Waals surface area contributed by atoms with Gasteiger partial charge in [0.05, 0.1) is 28.2 Å². The Labute approximate surface area is 241 Å². The highest BCUT2D eigenvalue weighted by molar-refractivity contribution is 5.89. The van der Waals surface area contributed by atoms with Crippen molar-refractivity contribution in [2.75, 3.05) is 30.9 Å². The molecule has 10 heteroatoms. The highest BCUT2D eigenvalue weighted by atomic mass is 19.4. The van der Waals surface area contributed by atoms with Gasteiger partial charge in [0.1, 0.15) is 5.82 Å². The standard InChI is InChI=1S/C32H32F6N4/c1-5-24-29(22-16-17-26(42(3)4)28(32(36,37)38)27(22)21-13-8-7-9-14-21)40-25(6-2)30(41-24)39-19-18-20-12-10-11-15-23(20)31(33,34)35/h7-17H,5-6,18-19H2,1-4H3,(H,39,41). The molecule has 0 aliphatic heterocycles. The molecule has 0 bridgehead atoms. The van der Waals surface area contributed by atoms with Crippen LogP contribution >= 0.6 is 0 Å². The van der Waals surface area contributed by atoms with Gasteiger partial charge in [-0.05, 0) is 42.5 Å². The predicted molar refractivity (Wildman–Crippen MR) is 155 cm³/mol. The summed E-state index contributed by atoms with van der Waals surface area (Å²) in [5, 5.41) is 3.12. The van der Waals surface area contributed by atoms with Crippen LogP contribution in [0.3, 0.4) is 0 Å². The first-order valence-electron chi connectivity index (χ1n) is 13.6. The molecule has 0 radical (unpaired) electrons. The highest BCUT2D eigenvalue weighted by Crippen LogP contribution is 2.47. The predicted octanol–water partition coefficient (Wildman–Crippen LogP) is 8.69. The number of hydrogen-bond donors (Lipinski definition) is 1. The number of hydrogen-bond acceptors (Lipinski definition) is 4. The minimum absolute atomic E-state index is 0.0184. The topological polar surface area (TPSA) is 41.1 Å². The molecular formula is C32H32F6N4. The van der Waals surface area contributed by atoms with Gasteiger partial charge in [-0.1, -0.05) is 68.4 Å². The molecule has 0 spiro atoms. The first-order chi connectivity index (χ1) is 19.9. The zero-order chi connectivity index (χ0) is 30.7. The number of benzene rings is 3. The van der Waals surface area contributed by atoms with E-state index in [0.29, 0.717) is 46.9 Å². The van der Waals surface area contributed by atoms with Gasteiger partial charge in [0, 0.05) is 37.5 Å². The smallest absolute Gasteiger partial charge is 0.377 e. The third-order valence-corrected chi connectivity index (χ3v) is 6.99. The third-order valence-electron chi connectivity index (χ3n) is 6.99. The molecule has 0 amide bonds. The van der Waals surface area contributed by atoms with Gasteiger partial charge in [0.25, 0.3) is 0 Å². The monoisotopic (exact) mass is 586 g/mol. The molecule has 1 N–H and O–H groups in total. The molecular weight excluding hydrogens is 554 g/mol. The Hall–Kier alpha value is -4.08. The molecule has 0 saturated carbocycles. The number of alkyl halides is 6. The van der Waals surface area contributed by atoms with Gasteiger partial charge < -0.3 is 10.2 Å². The zero-order valence-corrected chi connectivity index (χ0v) is 23.8. The second-order valence-corrected chi connectivity index (χ2v) is 9.99. The lowest BCUT2D eigenvalue weighted by molar-refractivity contribution is -0.138. The molecule has 1 aromatic heterocycles. The van der Waals surface area contributed by atoms with Crippen LogP contribution in [0.15, 0.2) is 66.7 Å². The maximum atomic E-state index is 14.7. The van der Waals surface area contributed by atoms with Crippen LogP contribution in [0.5, 0.6) is 0 Å². The minimum atomic E-state index is -4.65. The van der Waals surface area contributed by atoms with Crippen LogP contribution in [-0.4, -0.2) is 30.6 Å². The van der Waals surface area contributed by atoms with Crippen molar-refractivity contribution >= 4 is 11.5 Å². The van der Waals surface area contributed by atoms with Gasteiger partial charge in [0.15, 0.2) is 0 Å². The first-order valence-corrected chi connectivity index (χ1v) is 13.6. The fourth-order valence-electron chi connectivity index (χ4n) is 5.04. The van der Waals surface area contributed by atoms with E-state index < -0.39 is 23.5 Å². The van der Waals surface area contributed by atoms with E-state index in [2.05, 4.69) is 5.32 Å². The molecule has 3 aromatic carbocycles. The molecule has 0 atom stereocenters. The molecule has 0 aliphatic carbocycles. The first kappa shape index (κ1) is 30.9. The molecule has 222 valence electrons. The van der Waals surface area contributed by atoms with Gasteiger partial charge in [-0.3, -0.25) is 0 Å². The maximum Gasteiger partial charge on any atom is 0.419 e. The summed E-state index contributed by atoms with van der Waals surface area (Å²) in [5.74, 6) is 0.407. The summed E-state index contributed by atoms with van der Waals surface area (Å²) in [4.78, 5) is 11.0. The Morgan fingerprint density at radius 3 is 1.98 bits per heavy atom. The van der Waals surface area contributed by atoms with Crippen molar-refractivity contribution in [1.82, 2.24) is 9.97 Å². The van der Waals surface area contributed by atoms with Crippen LogP contribution in [0, 0.1) is 0 Å². The number of anilines is 2. The van der Waals surface area contributed by atoms with Crippen molar-refractivity contribution in [3.63, 3.8) is 0 Å². The molecule has 42 heavy (non-hydrogen) atoms. The van der Waals surface area contributed by atoms with Gasteiger partial charge >= 0.3 is 12.4 Å². The molecule has 4 aromatic rings. The van der Waals surface area contributed by atoms with Crippen molar-refractivity contribution in [1.29, 1.82) is 0 Å². The minimum Gasteiger partial charge on any atom is -0.377 e. The Morgan fingerprint density at radius 2 is 1.38 bits per heavy atom. The summed E-state index contributed by atoms with van der Waals surface area (Å²) in [6, 6.07) is 16.9. The average Bonchev–Trinajstić information content (AvgIpc) is 2.95. The Balaban J connectivity index is 1.81. The molecule has 1 heterocycles. The SMILES string of the molecule is CCc1nc(-c2ccc(N(C)C)c(C(F)(F)F)c2-c2ccccc2)c(CC)nc1NCCc1ccccc1C(F)(F)F. The van der Waals surface area contributed by atoms with Crippen LogP contribution in [0.2, 0.25) is 0 Å². The van der Waals surface area contributed by atoms with Crippen molar-refractivity contribution in [3.8, 4) is 22.4 Å². The Morgan fingerprint density at radius 1 is 0.738 bits per heavy atom. The molecule has 4 nitrogen and oxygen atoms in total. The molecule has 0 saturated heterocycles. The number of rotatable bonds is 9. The molecule has 0 aliphatic rings. The fraction of sp³-hybridized carbons (Fsp3) is 0.312. The van der Waals surface area contributed by atoms with Crippen molar-refractivity contribution in [2.24, 2.45) is 0 Å². The Bertz CT molecular complexity index is 1530. The van der Waals surface area contributed by atoms with Crippen LogP contribution < -0.4 is 10.2 Å². The van der Waals surface area contributed by atoms with Gasteiger partial charge in [-0.25, -0.2) is 9.97 Å². The van der Waals surface area contributed by atoms with E-state index in [1.807, 2.05) is 13.8 Å². The quantitative estimate of drug-likeness (QED) is 0.199. The number of nitrogens with one attached hydrogen (secondary N) is 1. The van der Waals surface area contributed by atoms with E-state index >= 15 is 0 Å². The second-order valence-electron chi connectivity index (χ2n) is 9.99. The van der Waals surface area contributed by atoms with Crippen LogP contribution in [0.4, 0.5) is 37.8 Å². The summed E-state index contributed by atoms with van der Waals surface area (Å²) in [5.41, 5.74) is 0.801. The summed E-state index contributed by atoms with van der Waals surface area (Å²) in [6.45, 7) is 3.85. The van der Waals surface area contributed by atoms with Crippen LogP contribution in [0.25, 0.3) is 22.4 Å². The van der Waals surface area contributed by atoms with E-state index in [1.165, 1.54) is 23.1 Å². The number of nitrogens with zero attached hydrogens (tertiary/aromatic N) is 3. The fourth-order valence-corrected chi connectivity index (χ4v) is 5.04. The summed E-state index contributed by atoms with van der Waals surface area (Å²) < 4.78 is 84.3. The van der Waals surface area contributed by atoms with E-state index in [4.69, 9.17) is 9.97 Å². The summed E-state index contributed by atoms with van der Waals surface area (Å²) in [7, 11) is 3.14. The van der Waals surface area contributed by atoms with Gasteiger partial charge in [-0.15, -0.1) is 0 Å². The van der Waals surface area contributed by atoms with E-state index in [0.717, 1.165) is 6.07 Å². The lowest BCUT2D eigenvalue weighted by atomic mass is 9.89. The van der Waals surface area contributed by atoms with E-state index in [-0.39, 0.29) is 29.8 Å². The van der Waals surface area contributed by atoms with Crippen molar-refractivity contribution < 1.29 is 26.3 Å². The lowest BCUT2D eigenvalue weighted by Crippen LogP contribution is -2.19. The third kappa shape index (κ3) is 6.53. The van der Waals surface area contributed by atoms with Gasteiger partial charge in [-0.2, -0.15) is 26.3 Å². The van der Waals surface area contributed by atoms with Crippen LogP contribution in [0.1, 0.15) is 41.9 Å². The second kappa shape index (κ2) is 12.4. The van der Waals surface area contributed by atoms with Crippen LogP contribution in [-0.2, 0) is 31.6 Å². The van der Waals surface area contributed by atoms with Crippen molar-refractivity contribution in [2.45, 2.75) is 45.5 Å². The molecule has 0 unspecified atom stereocenters. The van der Waals surface area contributed by atoms with Crippen molar-refractivity contribution in [3.05, 3.63) is 94.8 Å². The number of aromatic nitrogens is 2.